The normalized spacial score (nSPS) is 11.2. The Kier molecular flexibility index (Phi) is 6.11. The van der Waals surface area contributed by atoms with Crippen molar-refractivity contribution in [3.05, 3.63) is 17.5 Å². The summed E-state index contributed by atoms with van der Waals surface area (Å²) in [4.78, 5) is 2.30. The van der Waals surface area contributed by atoms with E-state index >= 15 is 0 Å². The second kappa shape index (κ2) is 7.41. The van der Waals surface area contributed by atoms with E-state index in [0.717, 1.165) is 39.0 Å². The van der Waals surface area contributed by atoms with Crippen molar-refractivity contribution < 1.29 is 0 Å². The van der Waals surface area contributed by atoms with Crippen LogP contribution in [0, 0.1) is 0 Å². The number of likely N-dealkylation sites (N-methyl/N-ethyl adjacent to an activating group) is 2. The lowest BCUT2D eigenvalue weighted by Gasteiger charge is -2.15. The lowest BCUT2D eigenvalue weighted by molar-refractivity contribution is 0.321. The molecule has 2 N–H and O–H groups in total. The van der Waals surface area contributed by atoms with Crippen LogP contribution in [-0.2, 0) is 13.0 Å². The van der Waals surface area contributed by atoms with Gasteiger partial charge in [0, 0.05) is 25.3 Å². The van der Waals surface area contributed by atoms with Gasteiger partial charge in [-0.2, -0.15) is 5.10 Å². The summed E-state index contributed by atoms with van der Waals surface area (Å²) in [7, 11) is 2.14. The van der Waals surface area contributed by atoms with Crippen LogP contribution < -0.4 is 5.32 Å². The Labute approximate surface area is 98.4 Å². The zero-order chi connectivity index (χ0) is 11.8. The van der Waals surface area contributed by atoms with Gasteiger partial charge in [0.1, 0.15) is 0 Å². The molecule has 0 aliphatic heterocycles. The van der Waals surface area contributed by atoms with E-state index in [1.807, 2.05) is 0 Å². The zero-order valence-corrected chi connectivity index (χ0v) is 10.7. The highest BCUT2D eigenvalue weighted by Gasteiger charge is 2.03. The van der Waals surface area contributed by atoms with Crippen LogP contribution in [0.1, 0.15) is 31.7 Å². The molecule has 0 saturated heterocycles. The van der Waals surface area contributed by atoms with Crippen LogP contribution in [0.3, 0.4) is 0 Å². The van der Waals surface area contributed by atoms with Crippen molar-refractivity contribution in [3.8, 4) is 0 Å². The number of aromatic nitrogens is 2. The van der Waals surface area contributed by atoms with E-state index in [-0.39, 0.29) is 0 Å². The van der Waals surface area contributed by atoms with Gasteiger partial charge in [0.2, 0.25) is 0 Å². The summed E-state index contributed by atoms with van der Waals surface area (Å²) in [5.74, 6) is 0. The molecule has 0 spiro atoms. The Morgan fingerprint density at radius 1 is 1.44 bits per heavy atom. The summed E-state index contributed by atoms with van der Waals surface area (Å²) in [5.41, 5.74) is 2.39. The molecular weight excluding hydrogens is 200 g/mol. The lowest BCUT2D eigenvalue weighted by Crippen LogP contribution is -2.28. The number of hydrogen-bond acceptors (Lipinski definition) is 3. The van der Waals surface area contributed by atoms with Gasteiger partial charge in [0.25, 0.3) is 0 Å². The molecule has 0 unspecified atom stereocenters. The first kappa shape index (κ1) is 13.2. The molecule has 1 rings (SSSR count). The van der Waals surface area contributed by atoms with E-state index in [1.165, 1.54) is 11.4 Å². The summed E-state index contributed by atoms with van der Waals surface area (Å²) in [6.45, 7) is 8.41. The predicted octanol–water partition coefficient (Wildman–Crippen LogP) is 1.40. The monoisotopic (exact) mass is 224 g/mol. The van der Waals surface area contributed by atoms with Gasteiger partial charge in [-0.15, -0.1) is 0 Å². The van der Waals surface area contributed by atoms with Crippen LogP contribution in [0.25, 0.3) is 0 Å². The molecule has 0 fully saturated rings. The minimum absolute atomic E-state index is 0.947. The number of H-pyrrole nitrogens is 1. The molecule has 1 aromatic heterocycles. The molecule has 0 atom stereocenters. The summed E-state index contributed by atoms with van der Waals surface area (Å²) in [6.07, 6.45) is 2.22. The van der Waals surface area contributed by atoms with Gasteiger partial charge in [-0.05, 0) is 26.1 Å². The van der Waals surface area contributed by atoms with Crippen molar-refractivity contribution in [3.63, 3.8) is 0 Å². The lowest BCUT2D eigenvalue weighted by atomic mass is 10.2. The molecule has 0 aliphatic carbocycles. The summed E-state index contributed by atoms with van der Waals surface area (Å²) >= 11 is 0. The highest BCUT2D eigenvalue weighted by Crippen LogP contribution is 2.04. The average molecular weight is 224 g/mol. The predicted molar refractivity (Wildman–Crippen MR) is 67.5 cm³/mol. The van der Waals surface area contributed by atoms with E-state index in [1.54, 1.807) is 0 Å². The number of hydrogen-bond donors (Lipinski definition) is 2. The first-order chi connectivity index (χ1) is 7.76. The minimum atomic E-state index is 0.947. The molecule has 92 valence electrons. The molecular formula is C12H24N4. The van der Waals surface area contributed by atoms with Gasteiger partial charge in [0.05, 0.1) is 5.69 Å². The van der Waals surface area contributed by atoms with Crippen LogP contribution >= 0.6 is 0 Å². The van der Waals surface area contributed by atoms with Crippen molar-refractivity contribution >= 4 is 0 Å². The van der Waals surface area contributed by atoms with Crippen molar-refractivity contribution in [2.24, 2.45) is 0 Å². The maximum absolute atomic E-state index is 4.29. The minimum Gasteiger partial charge on any atom is -0.316 e. The van der Waals surface area contributed by atoms with Crippen LogP contribution in [0.15, 0.2) is 6.07 Å². The highest BCUT2D eigenvalue weighted by atomic mass is 15.2. The van der Waals surface area contributed by atoms with Crippen LogP contribution in [-0.4, -0.2) is 41.8 Å². The quantitative estimate of drug-likeness (QED) is 0.656. The average Bonchev–Trinajstić information content (AvgIpc) is 2.66. The molecule has 0 radical (unpaired) electrons. The Bertz CT molecular complexity index is 282. The van der Waals surface area contributed by atoms with Gasteiger partial charge < -0.3 is 5.32 Å². The second-order valence-electron chi connectivity index (χ2n) is 4.23. The van der Waals surface area contributed by atoms with E-state index < -0.39 is 0 Å². The van der Waals surface area contributed by atoms with Crippen LogP contribution in [0.5, 0.6) is 0 Å². The molecule has 0 saturated carbocycles. The summed E-state index contributed by atoms with van der Waals surface area (Å²) in [5, 5.41) is 10.7. The van der Waals surface area contributed by atoms with Crippen molar-refractivity contribution in [2.75, 3.05) is 26.7 Å². The third-order valence-corrected chi connectivity index (χ3v) is 2.55. The smallest absolute Gasteiger partial charge is 0.0625 e. The van der Waals surface area contributed by atoms with E-state index in [0.29, 0.717) is 0 Å². The van der Waals surface area contributed by atoms with Gasteiger partial charge >= 0.3 is 0 Å². The second-order valence-corrected chi connectivity index (χ2v) is 4.23. The maximum Gasteiger partial charge on any atom is 0.0625 e. The van der Waals surface area contributed by atoms with Gasteiger partial charge in [-0.3, -0.25) is 10.00 Å². The molecule has 0 aliphatic rings. The van der Waals surface area contributed by atoms with Crippen LogP contribution in [0.2, 0.25) is 0 Å². The largest absolute Gasteiger partial charge is 0.316 e. The Hall–Kier alpha value is -0.870. The number of aryl methyl sites for hydroxylation is 1. The first-order valence-corrected chi connectivity index (χ1v) is 6.18. The molecule has 0 amide bonds. The summed E-state index contributed by atoms with van der Waals surface area (Å²) < 4.78 is 0. The standard InChI is InChI=1S/C12H24N4/c1-4-6-11-9-12(15-14-11)10-16(3)8-7-13-5-2/h9,13H,4-8,10H2,1-3H3,(H,14,15). The molecule has 1 aromatic rings. The topological polar surface area (TPSA) is 44.0 Å². The Morgan fingerprint density at radius 2 is 2.25 bits per heavy atom. The first-order valence-electron chi connectivity index (χ1n) is 6.18. The molecule has 0 aromatic carbocycles. The van der Waals surface area contributed by atoms with Gasteiger partial charge in [-0.1, -0.05) is 20.3 Å². The highest BCUT2D eigenvalue weighted by molar-refractivity contribution is 5.08. The van der Waals surface area contributed by atoms with E-state index in [9.17, 15) is 0 Å². The third-order valence-electron chi connectivity index (χ3n) is 2.55. The van der Waals surface area contributed by atoms with Crippen LogP contribution in [0.4, 0.5) is 0 Å². The maximum atomic E-state index is 4.29. The molecule has 0 bridgehead atoms. The van der Waals surface area contributed by atoms with Crippen molar-refractivity contribution in [1.82, 2.24) is 20.4 Å². The number of nitrogens with one attached hydrogen (secondary N) is 2. The van der Waals surface area contributed by atoms with Gasteiger partial charge in [0.15, 0.2) is 0 Å². The van der Waals surface area contributed by atoms with Gasteiger partial charge in [-0.25, -0.2) is 0 Å². The SMILES string of the molecule is CCCc1cc(CN(C)CCNCC)[nH]n1. The number of aromatic amines is 1. The van der Waals surface area contributed by atoms with E-state index in [2.05, 4.69) is 47.4 Å². The molecule has 4 heteroatoms. The zero-order valence-electron chi connectivity index (χ0n) is 10.7. The fourth-order valence-electron chi connectivity index (χ4n) is 1.69. The fourth-order valence-corrected chi connectivity index (χ4v) is 1.69. The third kappa shape index (κ3) is 4.77. The Morgan fingerprint density at radius 3 is 2.94 bits per heavy atom. The molecule has 16 heavy (non-hydrogen) atoms. The molecule has 4 nitrogen and oxygen atoms in total. The fraction of sp³-hybridized carbons (Fsp3) is 0.750. The van der Waals surface area contributed by atoms with E-state index in [4.69, 9.17) is 0 Å². The van der Waals surface area contributed by atoms with Crippen molar-refractivity contribution in [1.29, 1.82) is 0 Å². The number of rotatable bonds is 8. The molecule has 1 heterocycles. The van der Waals surface area contributed by atoms with Crippen molar-refractivity contribution in [2.45, 2.75) is 33.2 Å². The summed E-state index contributed by atoms with van der Waals surface area (Å²) in [6, 6.07) is 2.17. The number of nitrogens with zero attached hydrogens (tertiary/aromatic N) is 2. The Balaban J connectivity index is 2.28.